The fraction of sp³-hybridized carbons (Fsp3) is 0.308. The normalized spacial score (nSPS) is 8.80. The number of hydrogen-bond acceptors (Lipinski definition) is 2. The Hall–Kier alpha value is -1.75. The van der Waals surface area contributed by atoms with Gasteiger partial charge in [-0.3, -0.25) is 0 Å². The molecule has 0 aliphatic rings. The fourth-order valence-electron chi connectivity index (χ4n) is 1.12. The van der Waals surface area contributed by atoms with Crippen molar-refractivity contribution in [2.24, 2.45) is 0 Å². The second-order valence-electron chi connectivity index (χ2n) is 3.06. The summed E-state index contributed by atoms with van der Waals surface area (Å²) in [4.78, 5) is 9.70. The fourth-order valence-corrected chi connectivity index (χ4v) is 1.12. The molecule has 0 saturated heterocycles. The Morgan fingerprint density at radius 3 is 2.67 bits per heavy atom. The molecule has 0 amide bonds. The molecule has 0 bridgehead atoms. The van der Waals surface area contributed by atoms with Crippen molar-refractivity contribution in [3.05, 3.63) is 35.9 Å². The van der Waals surface area contributed by atoms with E-state index in [0.29, 0.717) is 6.61 Å². The molecule has 0 aliphatic carbocycles. The minimum atomic E-state index is 0.441. The smallest absolute Gasteiger partial charge is 0.417 e. The summed E-state index contributed by atoms with van der Waals surface area (Å²) in [6.07, 6.45) is 2.62. The van der Waals surface area contributed by atoms with Crippen LogP contribution in [0.5, 0.6) is 0 Å². The van der Waals surface area contributed by atoms with Crippen LogP contribution in [0.15, 0.2) is 30.3 Å². The maximum atomic E-state index is 9.70. The van der Waals surface area contributed by atoms with Gasteiger partial charge in [-0.1, -0.05) is 30.0 Å². The van der Waals surface area contributed by atoms with Gasteiger partial charge in [0.05, 0.1) is 6.61 Å². The number of hydrogen-bond donors (Lipinski definition) is 0. The van der Waals surface area contributed by atoms with Gasteiger partial charge in [0.2, 0.25) is 0 Å². The van der Waals surface area contributed by atoms with Crippen molar-refractivity contribution in [2.45, 2.75) is 19.3 Å². The lowest BCUT2D eigenvalue weighted by molar-refractivity contribution is 0.271. The first-order valence-electron chi connectivity index (χ1n) is 4.96. The Morgan fingerprint density at radius 1 is 1.13 bits per heavy atom. The molecule has 0 fully saturated rings. The predicted molar refractivity (Wildman–Crippen MR) is 58.8 cm³/mol. The molecule has 0 aliphatic heterocycles. The van der Waals surface area contributed by atoms with E-state index < -0.39 is 0 Å². The minimum Gasteiger partial charge on any atom is -0.457 e. The molecule has 15 heavy (non-hydrogen) atoms. The lowest BCUT2D eigenvalue weighted by Gasteiger charge is -1.93. The molecule has 1 aromatic carbocycles. The molecule has 2 heteroatoms. The van der Waals surface area contributed by atoms with Crippen molar-refractivity contribution in [2.75, 3.05) is 6.61 Å². The van der Waals surface area contributed by atoms with Gasteiger partial charge >= 0.3 is 6.47 Å². The highest BCUT2D eigenvalue weighted by molar-refractivity contribution is 5.38. The average molecular weight is 201 g/mol. The van der Waals surface area contributed by atoms with Gasteiger partial charge in [0, 0.05) is 12.0 Å². The average Bonchev–Trinajstić information content (AvgIpc) is 2.29. The quantitative estimate of drug-likeness (QED) is 0.539. The SMILES string of the molecule is O=[C]OCCCCC#Cc1ccccc1. The Balaban J connectivity index is 2.15. The summed E-state index contributed by atoms with van der Waals surface area (Å²) in [5, 5.41) is 0. The van der Waals surface area contributed by atoms with Gasteiger partial charge in [0.25, 0.3) is 0 Å². The number of ether oxygens (including phenoxy) is 1. The van der Waals surface area contributed by atoms with Crippen molar-refractivity contribution in [1.29, 1.82) is 0 Å². The second kappa shape index (κ2) is 7.64. The van der Waals surface area contributed by atoms with E-state index >= 15 is 0 Å². The highest BCUT2D eigenvalue weighted by Gasteiger charge is 1.86. The molecule has 1 aromatic rings. The Morgan fingerprint density at radius 2 is 1.93 bits per heavy atom. The van der Waals surface area contributed by atoms with Crippen LogP contribution in [0.2, 0.25) is 0 Å². The van der Waals surface area contributed by atoms with Crippen LogP contribution in [0.25, 0.3) is 0 Å². The third-order valence-corrected chi connectivity index (χ3v) is 1.86. The van der Waals surface area contributed by atoms with Crippen molar-refractivity contribution in [3.8, 4) is 11.8 Å². The van der Waals surface area contributed by atoms with E-state index in [1.807, 2.05) is 30.3 Å². The summed E-state index contributed by atoms with van der Waals surface area (Å²) >= 11 is 0. The molecule has 1 radical (unpaired) electrons. The first-order valence-corrected chi connectivity index (χ1v) is 4.96. The van der Waals surface area contributed by atoms with Gasteiger partial charge in [-0.2, -0.15) is 0 Å². The minimum absolute atomic E-state index is 0.441. The van der Waals surface area contributed by atoms with Crippen molar-refractivity contribution < 1.29 is 9.53 Å². The first kappa shape index (κ1) is 11.3. The summed E-state index contributed by atoms with van der Waals surface area (Å²) in [5.74, 6) is 6.14. The van der Waals surface area contributed by atoms with Crippen LogP contribution in [0.3, 0.4) is 0 Å². The highest BCUT2D eigenvalue weighted by atomic mass is 16.5. The summed E-state index contributed by atoms with van der Waals surface area (Å²) in [6, 6.07) is 9.88. The molecule has 77 valence electrons. The van der Waals surface area contributed by atoms with E-state index in [2.05, 4.69) is 16.6 Å². The monoisotopic (exact) mass is 201 g/mol. The zero-order valence-corrected chi connectivity index (χ0v) is 8.53. The molecular weight excluding hydrogens is 188 g/mol. The molecule has 0 spiro atoms. The maximum absolute atomic E-state index is 9.70. The van der Waals surface area contributed by atoms with Gasteiger partial charge in [0.1, 0.15) is 0 Å². The van der Waals surface area contributed by atoms with Crippen LogP contribution in [0, 0.1) is 11.8 Å². The maximum Gasteiger partial charge on any atom is 0.417 e. The van der Waals surface area contributed by atoms with Gasteiger partial charge in [0.15, 0.2) is 0 Å². The van der Waals surface area contributed by atoms with Gasteiger partial charge in [-0.25, -0.2) is 4.79 Å². The van der Waals surface area contributed by atoms with Crippen LogP contribution in [0.1, 0.15) is 24.8 Å². The Bertz CT molecular complexity index is 333. The van der Waals surface area contributed by atoms with Gasteiger partial charge < -0.3 is 4.74 Å². The number of unbranched alkanes of at least 4 members (excludes halogenated alkanes) is 2. The summed E-state index contributed by atoms with van der Waals surface area (Å²) in [5.41, 5.74) is 1.04. The summed E-state index contributed by atoms with van der Waals surface area (Å²) in [6.45, 7) is 1.84. The number of carbonyl (C=O) groups excluding carboxylic acids is 1. The molecule has 0 atom stereocenters. The van der Waals surface area contributed by atoms with E-state index in [9.17, 15) is 4.79 Å². The van der Waals surface area contributed by atoms with E-state index in [1.165, 1.54) is 6.47 Å². The third kappa shape index (κ3) is 5.53. The third-order valence-electron chi connectivity index (χ3n) is 1.86. The van der Waals surface area contributed by atoms with E-state index in [0.717, 1.165) is 24.8 Å². The van der Waals surface area contributed by atoms with Crippen LogP contribution < -0.4 is 0 Å². The van der Waals surface area contributed by atoms with E-state index in [1.54, 1.807) is 0 Å². The Kier molecular flexibility index (Phi) is 5.76. The van der Waals surface area contributed by atoms with Crippen LogP contribution in [-0.4, -0.2) is 13.1 Å². The van der Waals surface area contributed by atoms with E-state index in [-0.39, 0.29) is 0 Å². The lowest BCUT2D eigenvalue weighted by Crippen LogP contribution is -1.90. The van der Waals surface area contributed by atoms with Crippen LogP contribution in [0.4, 0.5) is 0 Å². The standard InChI is InChI=1S/C13H13O2/c14-12-15-11-7-2-1-4-8-13-9-5-3-6-10-13/h3,5-6,9-10H,1-2,7,11H2. The van der Waals surface area contributed by atoms with Crippen molar-refractivity contribution >= 4 is 6.47 Å². The zero-order valence-electron chi connectivity index (χ0n) is 8.53. The predicted octanol–water partition coefficient (Wildman–Crippen LogP) is 2.29. The molecule has 0 N–H and O–H groups in total. The molecule has 2 nitrogen and oxygen atoms in total. The molecule has 0 saturated carbocycles. The highest BCUT2D eigenvalue weighted by Crippen LogP contribution is 1.97. The summed E-state index contributed by atoms with van der Waals surface area (Å²) < 4.78 is 4.44. The molecule has 0 unspecified atom stereocenters. The second-order valence-corrected chi connectivity index (χ2v) is 3.06. The number of benzene rings is 1. The van der Waals surface area contributed by atoms with Gasteiger partial charge in [-0.15, -0.1) is 0 Å². The lowest BCUT2D eigenvalue weighted by atomic mass is 10.2. The molecular formula is C13H13O2. The van der Waals surface area contributed by atoms with Crippen molar-refractivity contribution in [1.82, 2.24) is 0 Å². The van der Waals surface area contributed by atoms with Crippen LogP contribution in [-0.2, 0) is 9.53 Å². The first-order chi connectivity index (χ1) is 7.43. The Labute approximate surface area is 90.3 Å². The van der Waals surface area contributed by atoms with Gasteiger partial charge in [-0.05, 0) is 25.0 Å². The molecule has 0 aromatic heterocycles. The van der Waals surface area contributed by atoms with Crippen molar-refractivity contribution in [3.63, 3.8) is 0 Å². The zero-order chi connectivity index (χ0) is 10.8. The molecule has 0 heterocycles. The molecule has 1 rings (SSSR count). The van der Waals surface area contributed by atoms with Crippen LogP contribution >= 0.6 is 0 Å². The largest absolute Gasteiger partial charge is 0.457 e. The number of rotatable bonds is 5. The topological polar surface area (TPSA) is 26.3 Å². The summed E-state index contributed by atoms with van der Waals surface area (Å²) in [7, 11) is 0. The van der Waals surface area contributed by atoms with E-state index in [4.69, 9.17) is 0 Å².